The van der Waals surface area contributed by atoms with Crippen molar-refractivity contribution < 1.29 is 14.3 Å². The molecule has 0 radical (unpaired) electrons. The maximum Gasteiger partial charge on any atom is 0.410 e. The Labute approximate surface area is 107 Å². The Balaban J connectivity index is 2.69. The summed E-state index contributed by atoms with van der Waals surface area (Å²) in [4.78, 5) is 16.3. The summed E-state index contributed by atoms with van der Waals surface area (Å²) in [6.07, 6.45) is 0.101. The van der Waals surface area contributed by atoms with E-state index in [4.69, 9.17) is 15.0 Å². The fraction of sp³-hybridized carbons (Fsp3) is 0.909. The fourth-order valence-corrected chi connectivity index (χ4v) is 1.83. The average molecular weight is 256 g/mol. The fourth-order valence-electron chi connectivity index (χ4n) is 1.83. The second-order valence-corrected chi connectivity index (χ2v) is 5.34. The van der Waals surface area contributed by atoms with Crippen molar-refractivity contribution in [2.24, 2.45) is 5.11 Å². The summed E-state index contributed by atoms with van der Waals surface area (Å²) >= 11 is 0. The van der Waals surface area contributed by atoms with E-state index in [0.717, 1.165) is 0 Å². The molecule has 102 valence electrons. The first-order valence-electron chi connectivity index (χ1n) is 5.90. The predicted molar refractivity (Wildman–Crippen MR) is 66.2 cm³/mol. The highest BCUT2D eigenvalue weighted by Gasteiger charge is 2.32. The van der Waals surface area contributed by atoms with Crippen LogP contribution < -0.4 is 0 Å². The maximum atomic E-state index is 11.9. The number of piperidine rings is 1. The SMILES string of the molecule is CO[C@@H]1CC(N=[N+]=[N-])CN(C(=O)OC(C)(C)C)C1. The van der Waals surface area contributed by atoms with Gasteiger partial charge >= 0.3 is 6.09 Å². The van der Waals surface area contributed by atoms with Crippen LogP contribution in [0, 0.1) is 0 Å². The Morgan fingerprint density at radius 3 is 2.61 bits per heavy atom. The van der Waals surface area contributed by atoms with Crippen LogP contribution in [0.25, 0.3) is 10.4 Å². The second kappa shape index (κ2) is 5.93. The lowest BCUT2D eigenvalue weighted by Gasteiger charge is -2.36. The van der Waals surface area contributed by atoms with Gasteiger partial charge in [0.05, 0.1) is 18.7 Å². The Morgan fingerprint density at radius 2 is 2.11 bits per heavy atom. The summed E-state index contributed by atoms with van der Waals surface area (Å²) in [5, 5.41) is 3.66. The maximum absolute atomic E-state index is 11.9. The van der Waals surface area contributed by atoms with Gasteiger partial charge in [-0.25, -0.2) is 4.79 Å². The third-order valence-corrected chi connectivity index (χ3v) is 2.59. The van der Waals surface area contributed by atoms with E-state index >= 15 is 0 Å². The molecular formula is C11H20N4O3. The third-order valence-electron chi connectivity index (χ3n) is 2.59. The summed E-state index contributed by atoms with van der Waals surface area (Å²) in [5.74, 6) is 0. The number of methoxy groups -OCH3 is 1. The van der Waals surface area contributed by atoms with Gasteiger partial charge in [-0.3, -0.25) is 0 Å². The monoisotopic (exact) mass is 256 g/mol. The van der Waals surface area contributed by atoms with Crippen LogP contribution in [0.4, 0.5) is 4.79 Å². The van der Waals surface area contributed by atoms with Crippen molar-refractivity contribution in [3.63, 3.8) is 0 Å². The van der Waals surface area contributed by atoms with Gasteiger partial charge in [0.15, 0.2) is 0 Å². The summed E-state index contributed by atoms with van der Waals surface area (Å²) in [6, 6.07) is -0.263. The number of hydrogen-bond donors (Lipinski definition) is 0. The van der Waals surface area contributed by atoms with E-state index < -0.39 is 11.7 Å². The van der Waals surface area contributed by atoms with E-state index in [0.29, 0.717) is 19.5 Å². The van der Waals surface area contributed by atoms with Crippen LogP contribution in [0.3, 0.4) is 0 Å². The van der Waals surface area contributed by atoms with Crippen molar-refractivity contribution >= 4 is 6.09 Å². The third kappa shape index (κ3) is 4.43. The summed E-state index contributed by atoms with van der Waals surface area (Å²) in [5.41, 5.74) is 7.93. The van der Waals surface area contributed by atoms with Gasteiger partial charge in [0, 0.05) is 18.6 Å². The van der Waals surface area contributed by atoms with E-state index in [1.54, 1.807) is 7.11 Å². The molecule has 18 heavy (non-hydrogen) atoms. The van der Waals surface area contributed by atoms with Crippen molar-refractivity contribution in [2.45, 2.75) is 44.9 Å². The standard InChI is InChI=1S/C11H20N4O3/c1-11(2,3)18-10(16)15-6-8(13-14-12)5-9(7-15)17-4/h8-9H,5-7H2,1-4H3/t8?,9-/m1/s1. The largest absolute Gasteiger partial charge is 0.444 e. The minimum atomic E-state index is -0.537. The van der Waals surface area contributed by atoms with E-state index in [9.17, 15) is 4.79 Å². The molecule has 0 saturated carbocycles. The lowest BCUT2D eigenvalue weighted by molar-refractivity contribution is -0.0102. The lowest BCUT2D eigenvalue weighted by Crippen LogP contribution is -2.49. The van der Waals surface area contributed by atoms with Gasteiger partial charge in [0.25, 0.3) is 0 Å². The summed E-state index contributed by atoms with van der Waals surface area (Å²) in [7, 11) is 1.58. The minimum Gasteiger partial charge on any atom is -0.444 e. The number of amides is 1. The molecule has 1 unspecified atom stereocenters. The molecule has 1 fully saturated rings. The van der Waals surface area contributed by atoms with Crippen LogP contribution in [0.5, 0.6) is 0 Å². The molecule has 1 aliphatic rings. The number of ether oxygens (including phenoxy) is 2. The van der Waals surface area contributed by atoms with Gasteiger partial charge in [-0.05, 0) is 32.7 Å². The first kappa shape index (κ1) is 14.6. The molecule has 0 aromatic heterocycles. The molecule has 0 aromatic rings. The van der Waals surface area contributed by atoms with E-state index in [2.05, 4.69) is 10.0 Å². The first-order chi connectivity index (χ1) is 8.35. The summed E-state index contributed by atoms with van der Waals surface area (Å²) < 4.78 is 10.5. The van der Waals surface area contributed by atoms with Crippen molar-refractivity contribution in [1.29, 1.82) is 0 Å². The normalized spacial score (nSPS) is 24.3. The number of nitrogens with zero attached hydrogens (tertiary/aromatic N) is 4. The highest BCUT2D eigenvalue weighted by atomic mass is 16.6. The molecule has 0 bridgehead atoms. The Bertz CT molecular complexity index is 347. The zero-order valence-corrected chi connectivity index (χ0v) is 11.3. The Hall–Kier alpha value is -1.46. The van der Waals surface area contributed by atoms with E-state index in [1.165, 1.54) is 4.90 Å². The van der Waals surface area contributed by atoms with Crippen LogP contribution in [-0.4, -0.2) is 48.9 Å². The number of rotatable bonds is 2. The zero-order valence-electron chi connectivity index (χ0n) is 11.3. The van der Waals surface area contributed by atoms with Crippen molar-refractivity contribution in [1.82, 2.24) is 4.90 Å². The molecule has 1 heterocycles. The molecule has 7 heteroatoms. The van der Waals surface area contributed by atoms with Crippen molar-refractivity contribution in [2.75, 3.05) is 20.2 Å². The molecule has 0 spiro atoms. The lowest BCUT2D eigenvalue weighted by atomic mass is 10.0. The first-order valence-corrected chi connectivity index (χ1v) is 5.90. The predicted octanol–water partition coefficient (Wildman–Crippen LogP) is 2.32. The molecule has 0 aromatic carbocycles. The molecule has 1 rings (SSSR count). The van der Waals surface area contributed by atoms with Crippen LogP contribution >= 0.6 is 0 Å². The number of likely N-dealkylation sites (tertiary alicyclic amines) is 1. The zero-order chi connectivity index (χ0) is 13.8. The van der Waals surface area contributed by atoms with Crippen LogP contribution in [-0.2, 0) is 9.47 Å². The van der Waals surface area contributed by atoms with Gasteiger partial charge in [0.1, 0.15) is 5.60 Å². The number of azide groups is 1. The number of hydrogen-bond acceptors (Lipinski definition) is 4. The van der Waals surface area contributed by atoms with Crippen molar-refractivity contribution in [3.05, 3.63) is 10.4 Å². The average Bonchev–Trinajstić information content (AvgIpc) is 2.26. The van der Waals surface area contributed by atoms with Gasteiger partial charge in [0.2, 0.25) is 0 Å². The molecule has 1 amide bonds. The van der Waals surface area contributed by atoms with E-state index in [1.807, 2.05) is 20.8 Å². The molecule has 7 nitrogen and oxygen atoms in total. The minimum absolute atomic E-state index is 0.123. The highest BCUT2D eigenvalue weighted by Crippen LogP contribution is 2.19. The molecule has 2 atom stereocenters. The van der Waals surface area contributed by atoms with Gasteiger partial charge < -0.3 is 14.4 Å². The van der Waals surface area contributed by atoms with Gasteiger partial charge in [-0.2, -0.15) is 0 Å². The molecular weight excluding hydrogens is 236 g/mol. The number of carbonyl (C=O) groups is 1. The molecule has 1 aliphatic heterocycles. The molecule has 1 saturated heterocycles. The van der Waals surface area contributed by atoms with Crippen LogP contribution in [0.2, 0.25) is 0 Å². The Kier molecular flexibility index (Phi) is 4.81. The smallest absolute Gasteiger partial charge is 0.410 e. The van der Waals surface area contributed by atoms with Crippen LogP contribution in [0.1, 0.15) is 27.2 Å². The summed E-state index contributed by atoms with van der Waals surface area (Å²) in [6.45, 7) is 6.27. The Morgan fingerprint density at radius 1 is 1.44 bits per heavy atom. The van der Waals surface area contributed by atoms with Gasteiger partial charge in [-0.15, -0.1) is 0 Å². The quantitative estimate of drug-likeness (QED) is 0.431. The topological polar surface area (TPSA) is 87.5 Å². The van der Waals surface area contributed by atoms with Crippen molar-refractivity contribution in [3.8, 4) is 0 Å². The van der Waals surface area contributed by atoms with Crippen LogP contribution in [0.15, 0.2) is 5.11 Å². The van der Waals surface area contributed by atoms with E-state index in [-0.39, 0.29) is 12.1 Å². The second-order valence-electron chi connectivity index (χ2n) is 5.34. The van der Waals surface area contributed by atoms with Gasteiger partial charge in [-0.1, -0.05) is 5.11 Å². The number of carbonyl (C=O) groups excluding carboxylic acids is 1. The molecule has 0 N–H and O–H groups in total. The molecule has 0 aliphatic carbocycles. The highest BCUT2D eigenvalue weighted by molar-refractivity contribution is 5.68.